The van der Waals surface area contributed by atoms with Crippen molar-refractivity contribution in [3.8, 4) is 0 Å². The van der Waals surface area contributed by atoms with Crippen LogP contribution in [0.5, 0.6) is 0 Å². The van der Waals surface area contributed by atoms with Crippen LogP contribution in [0.2, 0.25) is 0 Å². The summed E-state index contributed by atoms with van der Waals surface area (Å²) in [5.74, 6) is 5.77. The zero-order valence-corrected chi connectivity index (χ0v) is 12.6. The molecule has 1 heterocycles. The summed E-state index contributed by atoms with van der Waals surface area (Å²) in [7, 11) is 1.97. The van der Waals surface area contributed by atoms with Crippen molar-refractivity contribution in [2.24, 2.45) is 12.9 Å². The van der Waals surface area contributed by atoms with Gasteiger partial charge in [0.15, 0.2) is 0 Å². The van der Waals surface area contributed by atoms with Gasteiger partial charge in [0.25, 0.3) is 0 Å². The van der Waals surface area contributed by atoms with Gasteiger partial charge in [0.05, 0.1) is 11.6 Å². The number of nitrogens with zero attached hydrogens (tertiary/aromatic N) is 2. The zero-order valence-electron chi connectivity index (χ0n) is 12.6. The number of nitrogens with one attached hydrogen (secondary N) is 1. The average Bonchev–Trinajstić information content (AvgIpc) is 2.83. The lowest BCUT2D eigenvalue weighted by molar-refractivity contribution is -0.0738. The Morgan fingerprint density at radius 1 is 1.42 bits per heavy atom. The third-order valence-corrected chi connectivity index (χ3v) is 4.08. The van der Waals surface area contributed by atoms with Crippen LogP contribution in [0.1, 0.15) is 45.7 Å². The molecule has 110 valence electrons. The van der Waals surface area contributed by atoms with Crippen molar-refractivity contribution >= 4 is 0 Å². The van der Waals surface area contributed by atoms with E-state index in [-0.39, 0.29) is 11.6 Å². The Morgan fingerprint density at radius 2 is 2.11 bits per heavy atom. The fourth-order valence-electron chi connectivity index (χ4n) is 2.77. The van der Waals surface area contributed by atoms with Crippen molar-refractivity contribution in [2.45, 2.75) is 58.1 Å². The second-order valence-electron chi connectivity index (χ2n) is 4.91. The number of hydrogen-bond acceptors (Lipinski definition) is 4. The molecule has 0 aliphatic heterocycles. The van der Waals surface area contributed by atoms with Gasteiger partial charge in [-0.15, -0.1) is 0 Å². The number of aryl methyl sites for hydroxylation is 2. The van der Waals surface area contributed by atoms with Crippen LogP contribution in [0, 0.1) is 0 Å². The van der Waals surface area contributed by atoms with Crippen molar-refractivity contribution in [1.82, 2.24) is 15.2 Å². The number of nitrogens with two attached hydrogens (primary N) is 1. The van der Waals surface area contributed by atoms with Crippen molar-refractivity contribution in [3.05, 3.63) is 18.0 Å². The monoisotopic (exact) mass is 268 g/mol. The summed E-state index contributed by atoms with van der Waals surface area (Å²) in [6, 6.07) is 2.20. The molecule has 5 heteroatoms. The SMILES string of the molecule is CCOC(CC)(CC)C(CCc1ccnn1C)NN. The minimum atomic E-state index is -0.178. The van der Waals surface area contributed by atoms with Crippen LogP contribution in [0.4, 0.5) is 0 Å². The molecule has 1 rings (SSSR count). The molecule has 0 amide bonds. The lowest BCUT2D eigenvalue weighted by Gasteiger charge is -2.39. The minimum Gasteiger partial charge on any atom is -0.374 e. The molecule has 19 heavy (non-hydrogen) atoms. The summed E-state index contributed by atoms with van der Waals surface area (Å²) in [4.78, 5) is 0. The lowest BCUT2D eigenvalue weighted by atomic mass is 9.85. The minimum absolute atomic E-state index is 0.150. The zero-order chi connectivity index (χ0) is 14.3. The van der Waals surface area contributed by atoms with Crippen LogP contribution >= 0.6 is 0 Å². The third kappa shape index (κ3) is 3.78. The first-order chi connectivity index (χ1) is 9.13. The highest BCUT2D eigenvalue weighted by Crippen LogP contribution is 2.27. The van der Waals surface area contributed by atoms with Gasteiger partial charge in [-0.3, -0.25) is 16.0 Å². The summed E-state index contributed by atoms with van der Waals surface area (Å²) in [6.07, 6.45) is 5.63. The maximum absolute atomic E-state index is 6.02. The number of ether oxygens (including phenoxy) is 1. The highest BCUT2D eigenvalue weighted by molar-refractivity contribution is 5.02. The normalized spacial score (nSPS) is 13.7. The number of aromatic nitrogens is 2. The first-order valence-electron chi connectivity index (χ1n) is 7.20. The van der Waals surface area contributed by atoms with Crippen LogP contribution in [-0.2, 0) is 18.2 Å². The molecule has 3 N–H and O–H groups in total. The predicted molar refractivity (Wildman–Crippen MR) is 77.6 cm³/mol. The van der Waals surface area contributed by atoms with E-state index in [0.717, 1.165) is 25.7 Å². The van der Waals surface area contributed by atoms with Gasteiger partial charge in [0, 0.05) is 25.5 Å². The molecule has 0 radical (unpaired) electrons. The summed E-state index contributed by atoms with van der Waals surface area (Å²) in [6.45, 7) is 7.07. The quantitative estimate of drug-likeness (QED) is 0.529. The summed E-state index contributed by atoms with van der Waals surface area (Å²) in [5, 5.41) is 4.19. The molecule has 1 aromatic heterocycles. The van der Waals surface area contributed by atoms with Gasteiger partial charge in [-0.1, -0.05) is 13.8 Å². The van der Waals surface area contributed by atoms with E-state index >= 15 is 0 Å². The van der Waals surface area contributed by atoms with Gasteiger partial charge >= 0.3 is 0 Å². The third-order valence-electron chi connectivity index (χ3n) is 4.08. The highest BCUT2D eigenvalue weighted by Gasteiger charge is 2.35. The molecule has 0 bridgehead atoms. The van der Waals surface area contributed by atoms with Crippen LogP contribution in [0.3, 0.4) is 0 Å². The topological polar surface area (TPSA) is 65.1 Å². The van der Waals surface area contributed by atoms with Gasteiger partial charge in [-0.25, -0.2) is 0 Å². The van der Waals surface area contributed by atoms with Crippen LogP contribution < -0.4 is 11.3 Å². The molecule has 1 aromatic rings. The Kier molecular flexibility index (Phi) is 6.48. The van der Waals surface area contributed by atoms with E-state index in [1.165, 1.54) is 5.69 Å². The molecular formula is C14H28N4O. The van der Waals surface area contributed by atoms with E-state index in [1.807, 2.05) is 30.9 Å². The largest absolute Gasteiger partial charge is 0.374 e. The summed E-state index contributed by atoms with van der Waals surface area (Å²) in [5.41, 5.74) is 4.00. The maximum atomic E-state index is 6.02. The van der Waals surface area contributed by atoms with Gasteiger partial charge in [-0.05, 0) is 38.7 Å². The fraction of sp³-hybridized carbons (Fsp3) is 0.786. The number of hydrazine groups is 1. The van der Waals surface area contributed by atoms with E-state index in [4.69, 9.17) is 10.6 Å². The van der Waals surface area contributed by atoms with Crippen molar-refractivity contribution < 1.29 is 4.74 Å². The Balaban J connectivity index is 2.72. The van der Waals surface area contributed by atoms with Crippen molar-refractivity contribution in [1.29, 1.82) is 0 Å². The Labute approximate surface area is 116 Å². The first-order valence-corrected chi connectivity index (χ1v) is 7.20. The van der Waals surface area contributed by atoms with Gasteiger partial charge in [0.2, 0.25) is 0 Å². The predicted octanol–water partition coefficient (Wildman–Crippen LogP) is 1.78. The first kappa shape index (κ1) is 16.1. The maximum Gasteiger partial charge on any atom is 0.0842 e. The molecule has 5 nitrogen and oxygen atoms in total. The molecule has 0 spiro atoms. The van der Waals surface area contributed by atoms with Crippen LogP contribution in [0.15, 0.2) is 12.3 Å². The molecule has 1 atom stereocenters. The molecular weight excluding hydrogens is 240 g/mol. The van der Waals surface area contributed by atoms with Crippen molar-refractivity contribution in [3.63, 3.8) is 0 Å². The molecule has 0 saturated carbocycles. The molecule has 0 aliphatic rings. The number of rotatable bonds is 9. The number of hydrogen-bond donors (Lipinski definition) is 2. The van der Waals surface area contributed by atoms with E-state index in [2.05, 4.69) is 24.4 Å². The smallest absolute Gasteiger partial charge is 0.0842 e. The van der Waals surface area contributed by atoms with Crippen LogP contribution in [-0.4, -0.2) is 28.0 Å². The Bertz CT molecular complexity index is 360. The second kappa shape index (κ2) is 7.62. The standard InChI is InChI=1S/C14H28N4O/c1-5-14(6-2,19-7-3)13(17-15)9-8-12-10-11-16-18(12)4/h10-11,13,17H,5-9,15H2,1-4H3. The van der Waals surface area contributed by atoms with E-state index < -0.39 is 0 Å². The Morgan fingerprint density at radius 3 is 2.53 bits per heavy atom. The lowest BCUT2D eigenvalue weighted by Crippen LogP contribution is -2.54. The molecule has 0 saturated heterocycles. The molecule has 0 aliphatic carbocycles. The highest BCUT2D eigenvalue weighted by atomic mass is 16.5. The van der Waals surface area contributed by atoms with Gasteiger partial charge in [-0.2, -0.15) is 5.10 Å². The second-order valence-corrected chi connectivity index (χ2v) is 4.91. The van der Waals surface area contributed by atoms with E-state index in [9.17, 15) is 0 Å². The van der Waals surface area contributed by atoms with E-state index in [0.29, 0.717) is 6.61 Å². The van der Waals surface area contributed by atoms with Crippen LogP contribution in [0.25, 0.3) is 0 Å². The van der Waals surface area contributed by atoms with E-state index in [1.54, 1.807) is 0 Å². The van der Waals surface area contributed by atoms with Crippen molar-refractivity contribution in [2.75, 3.05) is 6.61 Å². The summed E-state index contributed by atoms with van der Waals surface area (Å²) >= 11 is 0. The summed E-state index contributed by atoms with van der Waals surface area (Å²) < 4.78 is 7.93. The molecule has 0 fully saturated rings. The molecule has 0 aromatic carbocycles. The molecule has 1 unspecified atom stereocenters. The fourth-order valence-corrected chi connectivity index (χ4v) is 2.77. The van der Waals surface area contributed by atoms with Gasteiger partial charge in [0.1, 0.15) is 0 Å². The Hall–Kier alpha value is -0.910. The van der Waals surface area contributed by atoms with Gasteiger partial charge < -0.3 is 4.74 Å². The average molecular weight is 268 g/mol.